The summed E-state index contributed by atoms with van der Waals surface area (Å²) in [5, 5.41) is 4.10. The Morgan fingerprint density at radius 2 is 1.90 bits per heavy atom. The topological polar surface area (TPSA) is 30.8 Å². The van der Waals surface area contributed by atoms with Gasteiger partial charge in [0.2, 0.25) is 0 Å². The quantitative estimate of drug-likeness (QED) is 0.734. The van der Waals surface area contributed by atoms with Crippen molar-refractivity contribution in [2.75, 3.05) is 13.2 Å². The SMILES string of the molecule is CC1CC(c2ccc(C#CC3CCOCC3)cc2)=NO1. The van der Waals surface area contributed by atoms with Crippen molar-refractivity contribution < 1.29 is 9.57 Å². The largest absolute Gasteiger partial charge is 0.392 e. The number of oxime groups is 1. The maximum absolute atomic E-state index is 5.34. The van der Waals surface area contributed by atoms with Gasteiger partial charge in [-0.1, -0.05) is 29.1 Å². The second-order valence-electron chi connectivity index (χ2n) is 5.39. The Kier molecular flexibility index (Phi) is 4.03. The van der Waals surface area contributed by atoms with Crippen LogP contribution in [0.4, 0.5) is 0 Å². The molecule has 0 aliphatic carbocycles. The van der Waals surface area contributed by atoms with Crippen LogP contribution in [0.3, 0.4) is 0 Å². The van der Waals surface area contributed by atoms with Crippen molar-refractivity contribution in [1.29, 1.82) is 0 Å². The molecule has 2 aliphatic rings. The summed E-state index contributed by atoms with van der Waals surface area (Å²) >= 11 is 0. The van der Waals surface area contributed by atoms with E-state index in [0.717, 1.165) is 49.3 Å². The molecule has 1 atom stereocenters. The van der Waals surface area contributed by atoms with Crippen LogP contribution in [0.5, 0.6) is 0 Å². The second-order valence-corrected chi connectivity index (χ2v) is 5.39. The third-order valence-electron chi connectivity index (χ3n) is 3.68. The van der Waals surface area contributed by atoms with Gasteiger partial charge >= 0.3 is 0 Å². The van der Waals surface area contributed by atoms with Gasteiger partial charge in [-0.15, -0.1) is 0 Å². The van der Waals surface area contributed by atoms with E-state index in [1.54, 1.807) is 0 Å². The lowest BCUT2D eigenvalue weighted by molar-refractivity contribution is 0.0807. The molecule has 20 heavy (non-hydrogen) atoms. The van der Waals surface area contributed by atoms with Crippen LogP contribution in [0.25, 0.3) is 0 Å². The maximum atomic E-state index is 5.34. The van der Waals surface area contributed by atoms with Gasteiger partial charge in [0.05, 0.1) is 5.71 Å². The normalized spacial score (nSPS) is 22.6. The van der Waals surface area contributed by atoms with Crippen LogP contribution < -0.4 is 0 Å². The fraction of sp³-hybridized carbons (Fsp3) is 0.471. The van der Waals surface area contributed by atoms with Gasteiger partial charge in [0.15, 0.2) is 0 Å². The lowest BCUT2D eigenvalue weighted by Crippen LogP contribution is -2.13. The molecule has 1 fully saturated rings. The smallest absolute Gasteiger partial charge is 0.130 e. The monoisotopic (exact) mass is 269 g/mol. The zero-order valence-corrected chi connectivity index (χ0v) is 11.8. The van der Waals surface area contributed by atoms with Gasteiger partial charge in [-0.25, -0.2) is 0 Å². The predicted octanol–water partition coefficient (Wildman–Crippen LogP) is 2.98. The Hall–Kier alpha value is -1.79. The fourth-order valence-electron chi connectivity index (χ4n) is 2.44. The summed E-state index contributed by atoms with van der Waals surface area (Å²) in [6.07, 6.45) is 3.18. The molecule has 2 aliphatic heterocycles. The summed E-state index contributed by atoms with van der Waals surface area (Å²) in [4.78, 5) is 5.23. The molecule has 0 spiro atoms. The van der Waals surface area contributed by atoms with Gasteiger partial charge in [0.25, 0.3) is 0 Å². The predicted molar refractivity (Wildman–Crippen MR) is 78.6 cm³/mol. The van der Waals surface area contributed by atoms with Crippen molar-refractivity contribution >= 4 is 5.71 Å². The third-order valence-corrected chi connectivity index (χ3v) is 3.68. The summed E-state index contributed by atoms with van der Waals surface area (Å²) in [5.41, 5.74) is 3.22. The molecule has 2 heterocycles. The van der Waals surface area contributed by atoms with Crippen LogP contribution in [0, 0.1) is 17.8 Å². The molecule has 1 aromatic rings. The van der Waals surface area contributed by atoms with E-state index < -0.39 is 0 Å². The second kappa shape index (κ2) is 6.11. The average molecular weight is 269 g/mol. The third kappa shape index (κ3) is 3.20. The van der Waals surface area contributed by atoms with E-state index in [2.05, 4.69) is 41.3 Å². The molecular weight excluding hydrogens is 250 g/mol. The molecule has 0 aromatic heterocycles. The van der Waals surface area contributed by atoms with Crippen molar-refractivity contribution in [3.8, 4) is 11.8 Å². The van der Waals surface area contributed by atoms with Gasteiger partial charge in [-0.05, 0) is 37.5 Å². The number of rotatable bonds is 1. The highest BCUT2D eigenvalue weighted by Crippen LogP contribution is 2.17. The van der Waals surface area contributed by atoms with Crippen molar-refractivity contribution in [3.05, 3.63) is 35.4 Å². The molecule has 0 radical (unpaired) electrons. The molecular formula is C17H19NO2. The van der Waals surface area contributed by atoms with E-state index in [9.17, 15) is 0 Å². The molecule has 1 unspecified atom stereocenters. The van der Waals surface area contributed by atoms with E-state index in [4.69, 9.17) is 9.57 Å². The number of nitrogens with zero attached hydrogens (tertiary/aromatic N) is 1. The molecule has 1 saturated heterocycles. The molecule has 0 saturated carbocycles. The van der Waals surface area contributed by atoms with Crippen LogP contribution in [0.1, 0.15) is 37.3 Å². The molecule has 3 heteroatoms. The van der Waals surface area contributed by atoms with E-state index in [-0.39, 0.29) is 6.10 Å². The summed E-state index contributed by atoms with van der Waals surface area (Å²) < 4.78 is 5.34. The van der Waals surface area contributed by atoms with E-state index in [0.29, 0.717) is 5.92 Å². The highest BCUT2D eigenvalue weighted by Gasteiger charge is 2.17. The summed E-state index contributed by atoms with van der Waals surface area (Å²) in [7, 11) is 0. The first kappa shape index (κ1) is 13.2. The van der Waals surface area contributed by atoms with Crippen LogP contribution >= 0.6 is 0 Å². The minimum absolute atomic E-state index is 0.193. The molecule has 104 valence electrons. The maximum Gasteiger partial charge on any atom is 0.130 e. The molecule has 0 amide bonds. The first-order valence-corrected chi connectivity index (χ1v) is 7.23. The highest BCUT2D eigenvalue weighted by atomic mass is 16.6. The Bertz CT molecular complexity index is 545. The van der Waals surface area contributed by atoms with Gasteiger partial charge < -0.3 is 9.57 Å². The Morgan fingerprint density at radius 1 is 1.15 bits per heavy atom. The molecule has 0 N–H and O–H groups in total. The van der Waals surface area contributed by atoms with Crippen LogP contribution in [-0.4, -0.2) is 25.0 Å². The lowest BCUT2D eigenvalue weighted by Gasteiger charge is -2.16. The van der Waals surface area contributed by atoms with Crippen LogP contribution in [0.15, 0.2) is 29.4 Å². The number of hydrogen-bond donors (Lipinski definition) is 0. The summed E-state index contributed by atoms with van der Waals surface area (Å²) in [5.74, 6) is 7.10. The minimum atomic E-state index is 0.193. The molecule has 1 aromatic carbocycles. The summed E-state index contributed by atoms with van der Waals surface area (Å²) in [6, 6.07) is 8.28. The molecule has 3 rings (SSSR count). The van der Waals surface area contributed by atoms with E-state index in [1.807, 2.05) is 6.92 Å². The average Bonchev–Trinajstić information content (AvgIpc) is 2.93. The van der Waals surface area contributed by atoms with Crippen molar-refractivity contribution in [3.63, 3.8) is 0 Å². The lowest BCUT2D eigenvalue weighted by atomic mass is 10.00. The standard InChI is InChI=1S/C17H19NO2/c1-13-12-17(18-20-13)16-6-4-14(5-7-16)2-3-15-8-10-19-11-9-15/h4-7,13,15H,8-12H2,1H3. The first-order valence-electron chi connectivity index (χ1n) is 7.23. The van der Waals surface area contributed by atoms with Crippen molar-refractivity contribution in [1.82, 2.24) is 0 Å². The molecule has 3 nitrogen and oxygen atoms in total. The summed E-state index contributed by atoms with van der Waals surface area (Å²) in [6.45, 7) is 3.72. The zero-order valence-electron chi connectivity index (χ0n) is 11.8. The van der Waals surface area contributed by atoms with Gasteiger partial charge in [-0.2, -0.15) is 0 Å². The first-order chi connectivity index (χ1) is 9.81. The van der Waals surface area contributed by atoms with E-state index >= 15 is 0 Å². The van der Waals surface area contributed by atoms with Crippen LogP contribution in [-0.2, 0) is 9.57 Å². The van der Waals surface area contributed by atoms with Crippen molar-refractivity contribution in [2.24, 2.45) is 11.1 Å². The Balaban J connectivity index is 1.66. The zero-order chi connectivity index (χ0) is 13.8. The van der Waals surface area contributed by atoms with Crippen molar-refractivity contribution in [2.45, 2.75) is 32.3 Å². The van der Waals surface area contributed by atoms with Gasteiger partial charge in [0.1, 0.15) is 6.10 Å². The number of benzene rings is 1. The highest BCUT2D eigenvalue weighted by molar-refractivity contribution is 6.01. The fourth-order valence-corrected chi connectivity index (χ4v) is 2.44. The molecule has 0 bridgehead atoms. The number of ether oxygens (including phenoxy) is 1. The van der Waals surface area contributed by atoms with Gasteiger partial charge in [0, 0.05) is 31.1 Å². The minimum Gasteiger partial charge on any atom is -0.392 e. The number of hydrogen-bond acceptors (Lipinski definition) is 3. The Morgan fingerprint density at radius 3 is 2.55 bits per heavy atom. The van der Waals surface area contributed by atoms with Crippen LogP contribution in [0.2, 0.25) is 0 Å². The van der Waals surface area contributed by atoms with E-state index in [1.165, 1.54) is 0 Å². The Labute approximate surface area is 120 Å². The van der Waals surface area contributed by atoms with Gasteiger partial charge in [-0.3, -0.25) is 0 Å².